The number of methoxy groups -OCH3 is 1. The van der Waals surface area contributed by atoms with Crippen molar-refractivity contribution in [3.05, 3.63) is 30.5 Å². The lowest BCUT2D eigenvalue weighted by Gasteiger charge is -2.14. The van der Waals surface area contributed by atoms with Gasteiger partial charge in [-0.05, 0) is 36.5 Å². The van der Waals surface area contributed by atoms with Gasteiger partial charge in [0.15, 0.2) is 0 Å². The second-order valence-corrected chi connectivity index (χ2v) is 4.85. The normalized spacial score (nSPS) is 10.3. The molecule has 2 rings (SSSR count). The average molecular weight is 292 g/mol. The van der Waals surface area contributed by atoms with Crippen molar-refractivity contribution in [3.63, 3.8) is 0 Å². The predicted octanol–water partition coefficient (Wildman–Crippen LogP) is 2.04. The van der Waals surface area contributed by atoms with Gasteiger partial charge in [-0.1, -0.05) is 0 Å². The third-order valence-electron chi connectivity index (χ3n) is 2.84. The number of thiocarbonyl (C=S) groups is 1. The Balaban J connectivity index is 2.24. The molecule has 0 saturated heterocycles. The molecule has 0 atom stereocenters. The van der Waals surface area contributed by atoms with Crippen LogP contribution in [0.25, 0.3) is 10.9 Å². The number of benzene rings is 1. The first-order chi connectivity index (χ1) is 9.51. The van der Waals surface area contributed by atoms with Crippen molar-refractivity contribution in [2.75, 3.05) is 21.2 Å². The van der Waals surface area contributed by atoms with Crippen LogP contribution in [0.2, 0.25) is 0 Å². The highest BCUT2D eigenvalue weighted by Crippen LogP contribution is 2.22. The fraction of sp³-hybridized carbons (Fsp3) is 0.286. The monoisotopic (exact) mass is 292 g/mol. The molecule has 5 nitrogen and oxygen atoms in total. The van der Waals surface area contributed by atoms with Crippen LogP contribution in [0.1, 0.15) is 0 Å². The first-order valence-electron chi connectivity index (χ1n) is 6.06. The predicted molar refractivity (Wildman–Crippen MR) is 80.9 cm³/mol. The topological polar surface area (TPSA) is 43.7 Å². The van der Waals surface area contributed by atoms with Crippen molar-refractivity contribution in [2.45, 2.75) is 6.54 Å². The van der Waals surface area contributed by atoms with E-state index in [2.05, 4.69) is 4.74 Å². The standard InChI is InChI=1S/C14H16N2O3S/c1-15(2)14(20)19-11-4-5-12-10(8-11)6-7-16(12)9-13(17)18-3/h4-8H,9H2,1-3H3. The molecule has 0 aliphatic heterocycles. The molecule has 0 spiro atoms. The smallest absolute Gasteiger partial charge is 0.325 e. The highest BCUT2D eigenvalue weighted by atomic mass is 32.1. The zero-order valence-electron chi connectivity index (χ0n) is 11.6. The number of carbonyl (C=O) groups excluding carboxylic acids is 1. The number of nitrogens with zero attached hydrogens (tertiary/aromatic N) is 2. The van der Waals surface area contributed by atoms with Crippen LogP contribution in [0.5, 0.6) is 5.75 Å². The Kier molecular flexibility index (Phi) is 4.24. The summed E-state index contributed by atoms with van der Waals surface area (Å²) in [6.07, 6.45) is 1.84. The van der Waals surface area contributed by atoms with Gasteiger partial charge < -0.3 is 18.9 Å². The molecule has 1 heterocycles. The van der Waals surface area contributed by atoms with Crippen molar-refractivity contribution < 1.29 is 14.3 Å². The number of rotatable bonds is 3. The molecule has 0 amide bonds. The SMILES string of the molecule is COC(=O)Cn1ccc2cc(OC(=S)N(C)C)ccc21. The Morgan fingerprint density at radius 2 is 2.10 bits per heavy atom. The lowest BCUT2D eigenvalue weighted by atomic mass is 10.2. The number of carbonyl (C=O) groups is 1. The van der Waals surface area contributed by atoms with E-state index in [-0.39, 0.29) is 12.5 Å². The van der Waals surface area contributed by atoms with E-state index in [9.17, 15) is 4.79 Å². The van der Waals surface area contributed by atoms with Crippen LogP contribution < -0.4 is 4.74 Å². The van der Waals surface area contributed by atoms with E-state index in [1.54, 1.807) is 4.90 Å². The zero-order chi connectivity index (χ0) is 14.7. The fourth-order valence-corrected chi connectivity index (χ4v) is 1.87. The van der Waals surface area contributed by atoms with Gasteiger partial charge in [-0.2, -0.15) is 0 Å². The first-order valence-corrected chi connectivity index (χ1v) is 6.47. The van der Waals surface area contributed by atoms with E-state index < -0.39 is 0 Å². The fourth-order valence-electron chi connectivity index (χ4n) is 1.78. The van der Waals surface area contributed by atoms with Gasteiger partial charge in [0.2, 0.25) is 0 Å². The van der Waals surface area contributed by atoms with E-state index in [4.69, 9.17) is 17.0 Å². The Morgan fingerprint density at radius 1 is 1.35 bits per heavy atom. The highest BCUT2D eigenvalue weighted by Gasteiger charge is 2.08. The number of fused-ring (bicyclic) bond motifs is 1. The average Bonchev–Trinajstić information content (AvgIpc) is 2.81. The minimum Gasteiger partial charge on any atom is -0.468 e. The van der Waals surface area contributed by atoms with E-state index in [0.29, 0.717) is 10.9 Å². The molecule has 6 heteroatoms. The molecule has 0 saturated carbocycles. The molecule has 1 aromatic carbocycles. The second-order valence-electron chi connectivity index (χ2n) is 4.50. The summed E-state index contributed by atoms with van der Waals surface area (Å²) in [5, 5.41) is 1.38. The second kappa shape index (κ2) is 5.92. The molecule has 0 N–H and O–H groups in total. The number of aromatic nitrogens is 1. The summed E-state index contributed by atoms with van der Waals surface area (Å²) in [6.45, 7) is 0.191. The van der Waals surface area contributed by atoms with Crippen LogP contribution in [0, 0.1) is 0 Å². The molecule has 1 aromatic heterocycles. The number of hydrogen-bond acceptors (Lipinski definition) is 4. The summed E-state index contributed by atoms with van der Waals surface area (Å²) in [6, 6.07) is 7.53. The van der Waals surface area contributed by atoms with Crippen LogP contribution >= 0.6 is 12.2 Å². The molecule has 0 fully saturated rings. The van der Waals surface area contributed by atoms with Crippen LogP contribution in [0.15, 0.2) is 30.5 Å². The lowest BCUT2D eigenvalue weighted by molar-refractivity contribution is -0.141. The van der Waals surface area contributed by atoms with Crippen molar-refractivity contribution in [1.82, 2.24) is 9.47 Å². The summed E-state index contributed by atoms with van der Waals surface area (Å²) in [5.41, 5.74) is 0.943. The van der Waals surface area contributed by atoms with Gasteiger partial charge in [0.05, 0.1) is 7.11 Å². The summed E-state index contributed by atoms with van der Waals surface area (Å²) < 4.78 is 12.0. The Morgan fingerprint density at radius 3 is 2.75 bits per heavy atom. The van der Waals surface area contributed by atoms with E-state index in [0.717, 1.165) is 10.9 Å². The van der Waals surface area contributed by atoms with E-state index >= 15 is 0 Å². The van der Waals surface area contributed by atoms with Gasteiger partial charge >= 0.3 is 5.97 Å². The lowest BCUT2D eigenvalue weighted by Crippen LogP contribution is -2.24. The van der Waals surface area contributed by atoms with Crippen molar-refractivity contribution >= 4 is 34.3 Å². The minimum atomic E-state index is -0.281. The van der Waals surface area contributed by atoms with Gasteiger partial charge in [0.1, 0.15) is 12.3 Å². The maximum Gasteiger partial charge on any atom is 0.325 e. The maximum absolute atomic E-state index is 11.3. The van der Waals surface area contributed by atoms with Gasteiger partial charge in [-0.15, -0.1) is 0 Å². The zero-order valence-corrected chi connectivity index (χ0v) is 12.4. The highest BCUT2D eigenvalue weighted by molar-refractivity contribution is 7.80. The van der Waals surface area contributed by atoms with Crippen molar-refractivity contribution in [3.8, 4) is 5.75 Å². The third kappa shape index (κ3) is 3.08. The van der Waals surface area contributed by atoms with Gasteiger partial charge in [0, 0.05) is 31.2 Å². The summed E-state index contributed by atoms with van der Waals surface area (Å²) >= 11 is 5.10. The van der Waals surface area contributed by atoms with Crippen LogP contribution in [-0.4, -0.2) is 41.8 Å². The maximum atomic E-state index is 11.3. The Labute approximate surface area is 122 Å². The minimum absolute atomic E-state index is 0.191. The Bertz CT molecular complexity index is 649. The quantitative estimate of drug-likeness (QED) is 0.640. The molecule has 2 aromatic rings. The molecule has 0 aliphatic rings. The molecule has 0 radical (unpaired) electrons. The van der Waals surface area contributed by atoms with Gasteiger partial charge in [0.25, 0.3) is 5.17 Å². The van der Waals surface area contributed by atoms with Crippen LogP contribution in [0.4, 0.5) is 0 Å². The third-order valence-corrected chi connectivity index (χ3v) is 3.29. The number of hydrogen-bond donors (Lipinski definition) is 0. The van der Waals surface area contributed by atoms with Crippen LogP contribution in [-0.2, 0) is 16.1 Å². The molecular weight excluding hydrogens is 276 g/mol. The largest absolute Gasteiger partial charge is 0.468 e. The molecule has 106 valence electrons. The van der Waals surface area contributed by atoms with Crippen LogP contribution in [0.3, 0.4) is 0 Å². The van der Waals surface area contributed by atoms with E-state index in [1.807, 2.05) is 49.1 Å². The molecule has 0 aliphatic carbocycles. The summed E-state index contributed by atoms with van der Waals surface area (Å²) in [5.74, 6) is 0.392. The first kappa shape index (κ1) is 14.3. The Hall–Kier alpha value is -2.08. The van der Waals surface area contributed by atoms with Crippen molar-refractivity contribution in [1.29, 1.82) is 0 Å². The summed E-state index contributed by atoms with van der Waals surface area (Å²) in [7, 11) is 5.03. The molecular formula is C14H16N2O3S. The van der Waals surface area contributed by atoms with E-state index in [1.165, 1.54) is 7.11 Å². The number of ether oxygens (including phenoxy) is 2. The molecule has 20 heavy (non-hydrogen) atoms. The molecule has 0 unspecified atom stereocenters. The summed E-state index contributed by atoms with van der Waals surface area (Å²) in [4.78, 5) is 13.0. The van der Waals surface area contributed by atoms with Gasteiger partial charge in [-0.3, -0.25) is 4.79 Å². The van der Waals surface area contributed by atoms with Gasteiger partial charge in [-0.25, -0.2) is 0 Å². The molecule has 0 bridgehead atoms. The number of esters is 1. The van der Waals surface area contributed by atoms with Crippen molar-refractivity contribution in [2.24, 2.45) is 0 Å².